The molecule has 6 rings (SSSR count). The quantitative estimate of drug-likeness (QED) is 0.454. The maximum Gasteiger partial charge on any atom is 0.152 e. The van der Waals surface area contributed by atoms with E-state index in [4.69, 9.17) is 14.6 Å². The molecule has 0 bridgehead atoms. The number of halogens is 1. The summed E-state index contributed by atoms with van der Waals surface area (Å²) in [5.74, 6) is 1.53. The number of methoxy groups -OCH3 is 1. The Labute approximate surface area is 229 Å². The normalized spacial score (nSPS) is 26.1. The van der Waals surface area contributed by atoms with Gasteiger partial charge in [-0.1, -0.05) is 18.2 Å². The number of hydrazone groups is 1. The maximum absolute atomic E-state index is 13.9. The van der Waals surface area contributed by atoms with Crippen LogP contribution in [0.2, 0.25) is 0 Å². The lowest BCUT2D eigenvalue weighted by Gasteiger charge is -2.56. The summed E-state index contributed by atoms with van der Waals surface area (Å²) in [5, 5.41) is 7.08. The number of nitrogens with zero attached hydrogens (tertiary/aromatic N) is 5. The summed E-state index contributed by atoms with van der Waals surface area (Å²) < 4.78 is 27.7. The molecule has 3 aromatic rings. The Morgan fingerprint density at radius 3 is 2.64 bits per heavy atom. The molecule has 1 spiro atoms. The molecule has 2 atom stereocenters. The number of imidazole rings is 1. The van der Waals surface area contributed by atoms with Crippen LogP contribution in [0, 0.1) is 18.2 Å². The number of hydrogen-bond donors (Lipinski definition) is 0. The van der Waals surface area contributed by atoms with Crippen LogP contribution in [-0.4, -0.2) is 65.8 Å². The number of benzene rings is 2. The number of likely N-dealkylation sites (N-methyl/N-ethyl adjacent to an activating group) is 1. The second kappa shape index (κ2) is 9.83. The van der Waals surface area contributed by atoms with E-state index in [1.165, 1.54) is 5.57 Å². The first-order valence-corrected chi connectivity index (χ1v) is 13.6. The molecule has 2 unspecified atom stereocenters. The fourth-order valence-corrected chi connectivity index (χ4v) is 6.47. The Hall–Kier alpha value is -3.65. The second-order valence-corrected chi connectivity index (χ2v) is 11.5. The van der Waals surface area contributed by atoms with Crippen molar-refractivity contribution in [3.8, 4) is 11.4 Å². The van der Waals surface area contributed by atoms with Gasteiger partial charge < -0.3 is 18.9 Å². The standard InChI is InChI=1S/C31H36FN5O2/c1-22-17-36(21-33-22)27-11-6-23(15-28(27)38-4)14-24-16-31(12-5-13-39-20-31)19-37-29(24)34-35(3)18-30(37,2)25-7-9-26(32)10-8-25/h6-11,14-15,17,21H,5,12-13,16,18-20H2,1-4H3/b24-14+. The predicted octanol–water partition coefficient (Wildman–Crippen LogP) is 5.39. The predicted molar refractivity (Wildman–Crippen MR) is 150 cm³/mol. The van der Waals surface area contributed by atoms with Crippen LogP contribution < -0.4 is 4.74 Å². The first-order valence-electron chi connectivity index (χ1n) is 13.6. The third-order valence-corrected chi connectivity index (χ3v) is 8.40. The van der Waals surface area contributed by atoms with E-state index in [9.17, 15) is 4.39 Å². The Morgan fingerprint density at radius 1 is 1.13 bits per heavy atom. The van der Waals surface area contributed by atoms with Gasteiger partial charge in [-0.15, -0.1) is 0 Å². The Morgan fingerprint density at radius 2 is 1.95 bits per heavy atom. The number of aromatic nitrogens is 2. The van der Waals surface area contributed by atoms with Crippen molar-refractivity contribution in [1.82, 2.24) is 19.5 Å². The largest absolute Gasteiger partial charge is 0.495 e. The number of fused-ring (bicyclic) bond motifs is 1. The van der Waals surface area contributed by atoms with Crippen molar-refractivity contribution >= 4 is 11.9 Å². The van der Waals surface area contributed by atoms with Gasteiger partial charge in [-0.3, -0.25) is 5.01 Å². The number of hydrogen-bond acceptors (Lipinski definition) is 6. The first-order chi connectivity index (χ1) is 18.8. The highest BCUT2D eigenvalue weighted by Gasteiger charge is 2.50. The second-order valence-electron chi connectivity index (χ2n) is 11.5. The van der Waals surface area contributed by atoms with Crippen LogP contribution in [-0.2, 0) is 10.3 Å². The van der Waals surface area contributed by atoms with Crippen molar-refractivity contribution in [2.75, 3.05) is 40.5 Å². The SMILES string of the molecule is COc1cc(/C=C2\CC3(CCCOC3)CN3C2=NN(C)CC3(C)c2ccc(F)cc2)ccc1-n1cnc(C)c1. The third-order valence-electron chi connectivity index (χ3n) is 8.40. The Balaban J connectivity index is 1.44. The van der Waals surface area contributed by atoms with E-state index in [1.807, 2.05) is 41.9 Å². The average molecular weight is 530 g/mol. The third kappa shape index (κ3) is 4.71. The molecule has 0 N–H and O–H groups in total. The molecule has 2 saturated heterocycles. The smallest absolute Gasteiger partial charge is 0.152 e. The van der Waals surface area contributed by atoms with E-state index in [0.29, 0.717) is 6.54 Å². The van der Waals surface area contributed by atoms with Gasteiger partial charge in [0.05, 0.1) is 43.5 Å². The lowest BCUT2D eigenvalue weighted by Crippen LogP contribution is -2.63. The molecule has 8 heteroatoms. The lowest BCUT2D eigenvalue weighted by molar-refractivity contribution is -0.0435. The van der Waals surface area contributed by atoms with E-state index < -0.39 is 0 Å². The summed E-state index contributed by atoms with van der Waals surface area (Å²) >= 11 is 0. The molecule has 7 nitrogen and oxygen atoms in total. The molecule has 39 heavy (non-hydrogen) atoms. The minimum absolute atomic E-state index is 0.00132. The first kappa shape index (κ1) is 25.6. The molecular formula is C31H36FN5O2. The van der Waals surface area contributed by atoms with Gasteiger partial charge in [0.2, 0.25) is 0 Å². The fourth-order valence-electron chi connectivity index (χ4n) is 6.47. The van der Waals surface area contributed by atoms with E-state index in [0.717, 1.165) is 73.1 Å². The molecule has 0 amide bonds. The molecule has 3 aliphatic heterocycles. The topological polar surface area (TPSA) is 55.1 Å². The van der Waals surface area contributed by atoms with Gasteiger partial charge in [-0.05, 0) is 80.2 Å². The van der Waals surface area contributed by atoms with Crippen LogP contribution in [0.25, 0.3) is 11.8 Å². The van der Waals surface area contributed by atoms with Crippen LogP contribution in [0.5, 0.6) is 5.75 Å². The summed E-state index contributed by atoms with van der Waals surface area (Å²) in [7, 11) is 3.72. The van der Waals surface area contributed by atoms with Gasteiger partial charge in [0, 0.05) is 31.8 Å². The molecule has 0 radical (unpaired) electrons. The fraction of sp³-hybridized carbons (Fsp3) is 0.419. The van der Waals surface area contributed by atoms with Crippen molar-refractivity contribution in [1.29, 1.82) is 0 Å². The van der Waals surface area contributed by atoms with E-state index >= 15 is 0 Å². The summed E-state index contributed by atoms with van der Waals surface area (Å²) in [6, 6.07) is 13.2. The molecule has 2 fully saturated rings. The van der Waals surface area contributed by atoms with Crippen LogP contribution in [0.1, 0.15) is 43.0 Å². The summed E-state index contributed by atoms with van der Waals surface area (Å²) in [6.45, 7) is 7.32. The van der Waals surface area contributed by atoms with E-state index in [1.54, 1.807) is 25.6 Å². The zero-order valence-electron chi connectivity index (χ0n) is 23.2. The highest BCUT2D eigenvalue weighted by atomic mass is 19.1. The Bertz CT molecular complexity index is 1420. The number of aryl methyl sites for hydroxylation is 1. The summed E-state index contributed by atoms with van der Waals surface area (Å²) in [6.07, 6.45) is 9.08. The van der Waals surface area contributed by atoms with Gasteiger partial charge in [0.15, 0.2) is 5.84 Å². The number of rotatable bonds is 4. The minimum Gasteiger partial charge on any atom is -0.495 e. The molecule has 4 heterocycles. The molecule has 204 valence electrons. The minimum atomic E-state index is -0.371. The van der Waals surface area contributed by atoms with Gasteiger partial charge >= 0.3 is 0 Å². The zero-order valence-corrected chi connectivity index (χ0v) is 23.2. The van der Waals surface area contributed by atoms with Gasteiger partial charge in [0.1, 0.15) is 11.6 Å². The molecule has 1 aromatic heterocycles. The number of piperidine rings is 1. The lowest BCUT2D eigenvalue weighted by atomic mass is 9.71. The number of ether oxygens (including phenoxy) is 2. The zero-order chi connectivity index (χ0) is 27.2. The monoisotopic (exact) mass is 529 g/mol. The maximum atomic E-state index is 13.9. The van der Waals surface area contributed by atoms with E-state index in [2.05, 4.69) is 41.1 Å². The summed E-state index contributed by atoms with van der Waals surface area (Å²) in [5.41, 5.74) is 4.84. The van der Waals surface area contributed by atoms with Crippen LogP contribution in [0.4, 0.5) is 4.39 Å². The summed E-state index contributed by atoms with van der Waals surface area (Å²) in [4.78, 5) is 6.81. The Kier molecular flexibility index (Phi) is 6.46. The average Bonchev–Trinajstić information content (AvgIpc) is 3.36. The molecule has 0 saturated carbocycles. The molecule has 2 aromatic carbocycles. The van der Waals surface area contributed by atoms with Crippen LogP contribution >= 0.6 is 0 Å². The van der Waals surface area contributed by atoms with Crippen LogP contribution in [0.3, 0.4) is 0 Å². The van der Waals surface area contributed by atoms with Gasteiger partial charge in [0.25, 0.3) is 0 Å². The molecule has 3 aliphatic rings. The molecular weight excluding hydrogens is 493 g/mol. The van der Waals surface area contributed by atoms with Crippen molar-refractivity contribution in [2.45, 2.75) is 38.6 Å². The van der Waals surface area contributed by atoms with Crippen molar-refractivity contribution in [3.05, 3.63) is 83.2 Å². The van der Waals surface area contributed by atoms with Crippen LogP contribution in [0.15, 0.2) is 65.7 Å². The highest BCUT2D eigenvalue weighted by Crippen LogP contribution is 2.47. The molecule has 0 aliphatic carbocycles. The van der Waals surface area contributed by atoms with Crippen molar-refractivity contribution < 1.29 is 13.9 Å². The highest BCUT2D eigenvalue weighted by molar-refractivity contribution is 6.03. The van der Waals surface area contributed by atoms with Crippen molar-refractivity contribution in [2.24, 2.45) is 10.5 Å². The number of amidine groups is 1. The van der Waals surface area contributed by atoms with Crippen molar-refractivity contribution in [3.63, 3.8) is 0 Å². The van der Waals surface area contributed by atoms with Gasteiger partial charge in [-0.25, -0.2) is 9.37 Å². The van der Waals surface area contributed by atoms with E-state index in [-0.39, 0.29) is 16.8 Å². The van der Waals surface area contributed by atoms with Gasteiger partial charge in [-0.2, -0.15) is 5.10 Å².